The van der Waals surface area contributed by atoms with Crippen LogP contribution in [0, 0.1) is 0 Å². The maximum atomic E-state index is 12.0. The summed E-state index contributed by atoms with van der Waals surface area (Å²) in [5.74, 6) is 0.501. The lowest BCUT2D eigenvalue weighted by atomic mass is 9.79. The van der Waals surface area contributed by atoms with E-state index in [1.807, 2.05) is 80.8 Å². The predicted octanol–water partition coefficient (Wildman–Crippen LogP) is 5.63. The molecule has 0 heterocycles. The molecule has 0 atom stereocenters. The summed E-state index contributed by atoms with van der Waals surface area (Å²) in [5, 5.41) is 2.01. The largest absolute Gasteiger partial charge is 0.428 e. The average Bonchev–Trinajstić information content (AvgIpc) is 2.78. The molecule has 1 amide bonds. The lowest BCUT2D eigenvalue weighted by Crippen LogP contribution is -2.73. The summed E-state index contributed by atoms with van der Waals surface area (Å²) in [6, 6.07) is 13.2. The number of halogens is 1. The van der Waals surface area contributed by atoms with Crippen LogP contribution >= 0.6 is 15.9 Å². The van der Waals surface area contributed by atoms with Crippen molar-refractivity contribution in [3.8, 4) is 5.75 Å². The molecule has 0 aliphatic heterocycles. The molecule has 2 aromatic carbocycles. The Morgan fingerprint density at radius 2 is 1.78 bits per heavy atom. The summed E-state index contributed by atoms with van der Waals surface area (Å²) in [7, 11) is 1.96. The molecule has 0 aliphatic carbocycles. The molecule has 2 N–H and O–H groups in total. The van der Waals surface area contributed by atoms with E-state index in [-0.39, 0.29) is 11.3 Å². The van der Waals surface area contributed by atoms with Gasteiger partial charge in [-0.2, -0.15) is 0 Å². The van der Waals surface area contributed by atoms with Crippen molar-refractivity contribution in [1.29, 1.82) is 0 Å². The Balaban J connectivity index is 0.00000249. The van der Waals surface area contributed by atoms with Crippen molar-refractivity contribution in [1.82, 2.24) is 0 Å². The lowest BCUT2D eigenvalue weighted by molar-refractivity contribution is -0.541. The second kappa shape index (κ2) is 13.7. The summed E-state index contributed by atoms with van der Waals surface area (Å²) in [6.07, 6.45) is 8.29. The quantitative estimate of drug-likeness (QED) is 0.275. The highest BCUT2D eigenvalue weighted by atomic mass is 79.9. The highest BCUT2D eigenvalue weighted by Crippen LogP contribution is 2.41. The number of quaternary nitrogens is 1. The van der Waals surface area contributed by atoms with Gasteiger partial charge in [-0.05, 0) is 52.7 Å². The van der Waals surface area contributed by atoms with Gasteiger partial charge in [-0.3, -0.25) is 14.5 Å². The average molecular weight is 502 g/mol. The Hall–Kier alpha value is -2.70. The molecule has 6 heteroatoms. The third-order valence-electron chi connectivity index (χ3n) is 4.78. The second-order valence-corrected chi connectivity index (χ2v) is 8.27. The number of carbonyl (C=O) groups excluding carboxylic acids is 2. The summed E-state index contributed by atoms with van der Waals surface area (Å²) in [6.45, 7) is 10.2. The molecule has 172 valence electrons. The minimum absolute atomic E-state index is 0.0564. The predicted molar refractivity (Wildman–Crippen MR) is 135 cm³/mol. The van der Waals surface area contributed by atoms with E-state index in [0.29, 0.717) is 12.2 Å². The smallest absolute Gasteiger partial charge is 0.298 e. The first-order chi connectivity index (χ1) is 15.3. The number of benzene rings is 2. The van der Waals surface area contributed by atoms with Gasteiger partial charge in [0, 0.05) is 24.2 Å². The summed E-state index contributed by atoms with van der Waals surface area (Å²) >= 11 is 3.59. The van der Waals surface area contributed by atoms with Gasteiger partial charge in [-0.15, -0.1) is 0 Å². The zero-order valence-corrected chi connectivity index (χ0v) is 21.3. The Bertz CT molecular complexity index is 938. The fourth-order valence-electron chi connectivity index (χ4n) is 3.34. The number of para-hydroxylation sites is 1. The maximum Gasteiger partial charge on any atom is 0.298 e. The fraction of sp³-hybridized carbons (Fsp3) is 0.308. The summed E-state index contributed by atoms with van der Waals surface area (Å²) in [4.78, 5) is 24.5. The Morgan fingerprint density at radius 3 is 2.34 bits per heavy atom. The van der Waals surface area contributed by atoms with Crippen molar-refractivity contribution in [2.24, 2.45) is 0 Å². The number of ether oxygens (including phenoxy) is 1. The molecule has 0 fully saturated rings. The van der Waals surface area contributed by atoms with Gasteiger partial charge in [0.15, 0.2) is 5.69 Å². The normalized spacial score (nSPS) is 11.2. The molecule has 0 bridgehead atoms. The van der Waals surface area contributed by atoms with Gasteiger partial charge in [-0.1, -0.05) is 58.0 Å². The van der Waals surface area contributed by atoms with Gasteiger partial charge in [0.25, 0.3) is 6.47 Å². The standard InChI is InChI=1S/C24H27BrN2O3.C2H6/c1-18(29)27(19-11-7-5-8-12-19)16-10-6-9-15-24(2,3)22-21(30-17-28)14-13-20(25)23(22)26-4;1-2/h5-14,16-17,26H,15H2,1-4H3;1-2H3/p+1/b9-6+,16-10+;. The molecular weight excluding hydrogens is 468 g/mol. The number of anilines is 1. The number of rotatable bonds is 9. The highest BCUT2D eigenvalue weighted by molar-refractivity contribution is 9.10. The lowest BCUT2D eigenvalue weighted by Gasteiger charge is -2.27. The van der Waals surface area contributed by atoms with Gasteiger partial charge in [0.2, 0.25) is 5.91 Å². The second-order valence-electron chi connectivity index (χ2n) is 7.42. The molecule has 2 aromatic rings. The van der Waals surface area contributed by atoms with Gasteiger partial charge in [0.05, 0.1) is 17.1 Å². The summed E-state index contributed by atoms with van der Waals surface area (Å²) < 4.78 is 6.21. The van der Waals surface area contributed by atoms with Crippen molar-refractivity contribution < 1.29 is 19.6 Å². The number of nitrogens with zero attached hydrogens (tertiary/aromatic N) is 1. The van der Waals surface area contributed by atoms with Crippen LogP contribution in [-0.2, 0) is 15.0 Å². The highest BCUT2D eigenvalue weighted by Gasteiger charge is 2.30. The number of hydrogen-bond donors (Lipinski definition) is 1. The number of amides is 1. The molecule has 0 aliphatic rings. The molecule has 0 spiro atoms. The number of carbonyl (C=O) groups is 2. The zero-order chi connectivity index (χ0) is 24.1. The molecule has 5 nitrogen and oxygen atoms in total. The van der Waals surface area contributed by atoms with E-state index in [9.17, 15) is 9.59 Å². The Labute approximate surface area is 200 Å². The van der Waals surface area contributed by atoms with E-state index in [1.165, 1.54) is 6.92 Å². The van der Waals surface area contributed by atoms with E-state index in [2.05, 4.69) is 29.8 Å². The van der Waals surface area contributed by atoms with Crippen LogP contribution in [0.2, 0.25) is 0 Å². The van der Waals surface area contributed by atoms with E-state index in [0.717, 1.165) is 27.8 Å². The van der Waals surface area contributed by atoms with Gasteiger partial charge in [0.1, 0.15) is 5.75 Å². The Morgan fingerprint density at radius 1 is 1.12 bits per heavy atom. The zero-order valence-electron chi connectivity index (χ0n) is 19.8. The number of nitrogens with two attached hydrogens (primary N) is 1. The van der Waals surface area contributed by atoms with E-state index in [4.69, 9.17) is 4.74 Å². The SMILES string of the molecule is CC.C[NH2+]c1c(Br)ccc(OC=O)c1C(C)(C)C/C=C/C=C/N(C(C)=O)c1ccccc1. The maximum absolute atomic E-state index is 12.0. The van der Waals surface area contributed by atoms with Gasteiger partial charge >= 0.3 is 0 Å². The first kappa shape index (κ1) is 27.3. The van der Waals surface area contributed by atoms with Crippen molar-refractivity contribution in [2.45, 2.75) is 46.5 Å². The van der Waals surface area contributed by atoms with Crippen LogP contribution in [-0.4, -0.2) is 19.4 Å². The van der Waals surface area contributed by atoms with E-state index in [1.54, 1.807) is 17.2 Å². The molecule has 0 saturated carbocycles. The first-order valence-corrected chi connectivity index (χ1v) is 11.5. The van der Waals surface area contributed by atoms with Crippen LogP contribution in [0.15, 0.2) is 71.4 Å². The Kier molecular flexibility index (Phi) is 11.7. The van der Waals surface area contributed by atoms with Crippen molar-refractivity contribution in [3.05, 3.63) is 76.9 Å². The monoisotopic (exact) mass is 501 g/mol. The molecule has 32 heavy (non-hydrogen) atoms. The van der Waals surface area contributed by atoms with Crippen molar-refractivity contribution in [3.63, 3.8) is 0 Å². The number of hydrogen-bond acceptors (Lipinski definition) is 3. The van der Waals surface area contributed by atoms with Crippen LogP contribution in [0.25, 0.3) is 0 Å². The van der Waals surface area contributed by atoms with E-state index >= 15 is 0 Å². The van der Waals surface area contributed by atoms with Crippen LogP contribution in [0.4, 0.5) is 11.4 Å². The summed E-state index contributed by atoms with van der Waals surface area (Å²) in [5.41, 5.74) is 2.52. The fourth-order valence-corrected chi connectivity index (χ4v) is 3.90. The molecular formula is C26H34BrN2O3+. The minimum atomic E-state index is -0.284. The molecule has 0 unspecified atom stereocenters. The van der Waals surface area contributed by atoms with Gasteiger partial charge in [-0.25, -0.2) is 0 Å². The topological polar surface area (TPSA) is 63.2 Å². The van der Waals surface area contributed by atoms with E-state index < -0.39 is 0 Å². The molecule has 0 saturated heterocycles. The van der Waals surface area contributed by atoms with Gasteiger partial charge < -0.3 is 10.1 Å². The third kappa shape index (κ3) is 7.46. The van der Waals surface area contributed by atoms with Crippen LogP contribution in [0.1, 0.15) is 46.6 Å². The van der Waals surface area contributed by atoms with Crippen molar-refractivity contribution >= 4 is 39.7 Å². The van der Waals surface area contributed by atoms with Crippen LogP contribution in [0.3, 0.4) is 0 Å². The first-order valence-electron chi connectivity index (χ1n) is 10.7. The van der Waals surface area contributed by atoms with Crippen molar-refractivity contribution in [2.75, 3.05) is 11.9 Å². The molecule has 0 radical (unpaired) electrons. The van der Waals surface area contributed by atoms with Crippen LogP contribution in [0.5, 0.6) is 5.75 Å². The third-order valence-corrected chi connectivity index (χ3v) is 5.47. The minimum Gasteiger partial charge on any atom is -0.428 e. The van der Waals surface area contributed by atoms with Crippen LogP contribution < -0.4 is 15.0 Å². The molecule has 2 rings (SSSR count). The number of allylic oxidation sites excluding steroid dienone is 3. The molecule has 0 aromatic heterocycles.